The summed E-state index contributed by atoms with van der Waals surface area (Å²) >= 11 is 13.6. The second-order valence-corrected chi connectivity index (χ2v) is 6.45. The van der Waals surface area contributed by atoms with Crippen LogP contribution in [0.5, 0.6) is 0 Å². The second kappa shape index (κ2) is 7.80. The molecule has 0 saturated carbocycles. The largest absolute Gasteiger partial charge is 0.325 e. The van der Waals surface area contributed by atoms with Crippen LogP contribution in [0.1, 0.15) is 17.4 Å². The van der Waals surface area contributed by atoms with E-state index in [0.29, 0.717) is 10.0 Å². The lowest BCUT2D eigenvalue weighted by molar-refractivity contribution is -0.114. The van der Waals surface area contributed by atoms with Gasteiger partial charge in [-0.3, -0.25) is 4.79 Å². The zero-order chi connectivity index (χ0) is 15.2. The third-order valence-electron chi connectivity index (χ3n) is 2.93. The first-order valence-electron chi connectivity index (χ1n) is 6.55. The van der Waals surface area contributed by atoms with Crippen molar-refractivity contribution in [1.29, 1.82) is 0 Å². The number of amides is 1. The van der Waals surface area contributed by atoms with Crippen molar-refractivity contribution in [2.75, 3.05) is 11.9 Å². The summed E-state index contributed by atoms with van der Waals surface area (Å²) in [6.07, 6.45) is 0.830. The predicted octanol–water partition coefficient (Wildman–Crippen LogP) is 4.35. The highest BCUT2D eigenvalue weighted by Gasteiger charge is 2.06. The molecule has 0 bridgehead atoms. The first-order chi connectivity index (χ1) is 10.1. The van der Waals surface area contributed by atoms with E-state index in [1.54, 1.807) is 17.4 Å². The number of hydrogen-bond donors (Lipinski definition) is 2. The molecule has 1 heterocycles. The standard InChI is InChI=1S/C15H16Cl2N2OS/c1-10(20)19-14-5-7-21-15(14)9-18-6-4-11-2-3-12(16)8-13(11)17/h2-3,5,7-8,18H,4,6,9H2,1H3,(H,19,20). The molecule has 0 fully saturated rings. The van der Waals surface area contributed by atoms with Crippen LogP contribution >= 0.6 is 34.5 Å². The van der Waals surface area contributed by atoms with Crippen molar-refractivity contribution in [3.05, 3.63) is 50.1 Å². The van der Waals surface area contributed by atoms with Crippen LogP contribution in [0.15, 0.2) is 29.6 Å². The monoisotopic (exact) mass is 342 g/mol. The average Bonchev–Trinajstić information content (AvgIpc) is 2.83. The Hall–Kier alpha value is -1.07. The van der Waals surface area contributed by atoms with Crippen LogP contribution in [0.2, 0.25) is 10.0 Å². The summed E-state index contributed by atoms with van der Waals surface area (Å²) in [5.74, 6) is -0.0532. The van der Waals surface area contributed by atoms with Gasteiger partial charge in [-0.25, -0.2) is 0 Å². The molecule has 21 heavy (non-hydrogen) atoms. The summed E-state index contributed by atoms with van der Waals surface area (Å²) in [5.41, 5.74) is 1.95. The summed E-state index contributed by atoms with van der Waals surface area (Å²) in [4.78, 5) is 12.2. The molecule has 1 aromatic heterocycles. The van der Waals surface area contributed by atoms with Crippen LogP contribution in [0.25, 0.3) is 0 Å². The van der Waals surface area contributed by atoms with Crippen LogP contribution in [-0.4, -0.2) is 12.5 Å². The van der Waals surface area contributed by atoms with Gasteiger partial charge in [0, 0.05) is 28.4 Å². The van der Waals surface area contributed by atoms with E-state index in [2.05, 4.69) is 10.6 Å². The number of nitrogens with one attached hydrogen (secondary N) is 2. The van der Waals surface area contributed by atoms with Crippen LogP contribution in [0.4, 0.5) is 5.69 Å². The first kappa shape index (κ1) is 16.3. The minimum atomic E-state index is -0.0532. The minimum Gasteiger partial charge on any atom is -0.325 e. The maximum absolute atomic E-state index is 11.1. The lowest BCUT2D eigenvalue weighted by Crippen LogP contribution is -2.17. The Morgan fingerprint density at radius 1 is 1.29 bits per heavy atom. The van der Waals surface area contributed by atoms with E-state index in [-0.39, 0.29) is 5.91 Å². The molecule has 2 rings (SSSR count). The van der Waals surface area contributed by atoms with Gasteiger partial charge in [-0.05, 0) is 42.1 Å². The molecule has 2 aromatic rings. The van der Waals surface area contributed by atoms with Gasteiger partial charge in [0.05, 0.1) is 5.69 Å². The number of benzene rings is 1. The van der Waals surface area contributed by atoms with Gasteiger partial charge in [0.15, 0.2) is 0 Å². The highest BCUT2D eigenvalue weighted by molar-refractivity contribution is 7.10. The van der Waals surface area contributed by atoms with E-state index in [9.17, 15) is 4.79 Å². The SMILES string of the molecule is CC(=O)Nc1ccsc1CNCCc1ccc(Cl)cc1Cl. The van der Waals surface area contributed by atoms with Crippen molar-refractivity contribution < 1.29 is 4.79 Å². The molecular formula is C15H16Cl2N2OS. The number of halogens is 2. The number of hydrogen-bond acceptors (Lipinski definition) is 3. The molecule has 0 aliphatic carbocycles. The molecule has 1 aromatic carbocycles. The summed E-state index contributed by atoms with van der Waals surface area (Å²) in [6.45, 7) is 3.04. The van der Waals surface area contributed by atoms with Gasteiger partial charge in [-0.2, -0.15) is 0 Å². The van der Waals surface area contributed by atoms with Crippen molar-refractivity contribution in [1.82, 2.24) is 5.32 Å². The summed E-state index contributed by atoms with van der Waals surface area (Å²) in [6, 6.07) is 7.46. The Labute approximate surface area is 138 Å². The minimum absolute atomic E-state index is 0.0532. The fourth-order valence-electron chi connectivity index (χ4n) is 1.93. The molecule has 2 N–H and O–H groups in total. The van der Waals surface area contributed by atoms with Gasteiger partial charge >= 0.3 is 0 Å². The van der Waals surface area contributed by atoms with E-state index >= 15 is 0 Å². The molecule has 112 valence electrons. The third kappa shape index (κ3) is 5.00. The highest BCUT2D eigenvalue weighted by atomic mass is 35.5. The summed E-state index contributed by atoms with van der Waals surface area (Å²) in [5, 5.41) is 9.50. The smallest absolute Gasteiger partial charge is 0.221 e. The topological polar surface area (TPSA) is 41.1 Å². The van der Waals surface area contributed by atoms with E-state index in [0.717, 1.165) is 35.6 Å². The van der Waals surface area contributed by atoms with Gasteiger partial charge in [0.1, 0.15) is 0 Å². The predicted molar refractivity (Wildman–Crippen MR) is 90.5 cm³/mol. The van der Waals surface area contributed by atoms with Crippen molar-refractivity contribution >= 4 is 46.1 Å². The van der Waals surface area contributed by atoms with Crippen LogP contribution in [0, 0.1) is 0 Å². The Morgan fingerprint density at radius 2 is 2.10 bits per heavy atom. The molecule has 6 heteroatoms. The summed E-state index contributed by atoms with van der Waals surface area (Å²) in [7, 11) is 0. The lowest BCUT2D eigenvalue weighted by atomic mass is 10.1. The average molecular weight is 343 g/mol. The molecule has 0 spiro atoms. The second-order valence-electron chi connectivity index (χ2n) is 4.60. The Morgan fingerprint density at radius 3 is 2.81 bits per heavy atom. The van der Waals surface area contributed by atoms with Gasteiger partial charge in [-0.15, -0.1) is 11.3 Å². The van der Waals surface area contributed by atoms with Crippen molar-refractivity contribution in [2.24, 2.45) is 0 Å². The highest BCUT2D eigenvalue weighted by Crippen LogP contribution is 2.23. The molecule has 0 unspecified atom stereocenters. The third-order valence-corrected chi connectivity index (χ3v) is 4.44. The van der Waals surface area contributed by atoms with Gasteiger partial charge < -0.3 is 10.6 Å². The molecule has 1 amide bonds. The summed E-state index contributed by atoms with van der Waals surface area (Å²) < 4.78 is 0. The van der Waals surface area contributed by atoms with E-state index in [1.807, 2.05) is 23.6 Å². The van der Waals surface area contributed by atoms with Crippen LogP contribution < -0.4 is 10.6 Å². The fraction of sp³-hybridized carbons (Fsp3) is 0.267. The number of anilines is 1. The van der Waals surface area contributed by atoms with Crippen molar-refractivity contribution in [3.63, 3.8) is 0 Å². The van der Waals surface area contributed by atoms with Gasteiger partial charge in [-0.1, -0.05) is 29.3 Å². The van der Waals surface area contributed by atoms with E-state index in [1.165, 1.54) is 6.92 Å². The molecule has 0 saturated heterocycles. The zero-order valence-electron chi connectivity index (χ0n) is 11.6. The van der Waals surface area contributed by atoms with Crippen LogP contribution in [-0.2, 0) is 17.8 Å². The quantitative estimate of drug-likeness (QED) is 0.766. The Kier molecular flexibility index (Phi) is 6.06. The molecule has 0 aliphatic rings. The number of carbonyl (C=O) groups excluding carboxylic acids is 1. The maximum atomic E-state index is 11.1. The normalized spacial score (nSPS) is 10.6. The molecule has 0 aliphatic heterocycles. The maximum Gasteiger partial charge on any atom is 0.221 e. The number of rotatable bonds is 6. The molecule has 0 radical (unpaired) electrons. The van der Waals surface area contributed by atoms with Gasteiger partial charge in [0.2, 0.25) is 5.91 Å². The fourth-order valence-corrected chi connectivity index (χ4v) is 3.23. The first-order valence-corrected chi connectivity index (χ1v) is 8.18. The number of thiophene rings is 1. The van der Waals surface area contributed by atoms with E-state index < -0.39 is 0 Å². The van der Waals surface area contributed by atoms with Gasteiger partial charge in [0.25, 0.3) is 0 Å². The Bertz CT molecular complexity index is 628. The van der Waals surface area contributed by atoms with Crippen molar-refractivity contribution in [3.8, 4) is 0 Å². The van der Waals surface area contributed by atoms with Crippen LogP contribution in [0.3, 0.4) is 0 Å². The molecular weight excluding hydrogens is 327 g/mol. The number of carbonyl (C=O) groups is 1. The molecule has 0 atom stereocenters. The zero-order valence-corrected chi connectivity index (χ0v) is 13.9. The van der Waals surface area contributed by atoms with E-state index in [4.69, 9.17) is 23.2 Å². The molecule has 3 nitrogen and oxygen atoms in total. The lowest BCUT2D eigenvalue weighted by Gasteiger charge is -2.08. The van der Waals surface area contributed by atoms with Crippen molar-refractivity contribution in [2.45, 2.75) is 19.9 Å². The Balaban J connectivity index is 1.82.